The number of aromatic amines is 1. The summed E-state index contributed by atoms with van der Waals surface area (Å²) in [4.78, 5) is 45.5. The zero-order chi connectivity index (χ0) is 31.8. The third-order valence-electron chi connectivity index (χ3n) is 7.23. The van der Waals surface area contributed by atoms with E-state index in [2.05, 4.69) is 42.2 Å². The van der Waals surface area contributed by atoms with Crippen LogP contribution < -0.4 is 17.0 Å². The maximum absolute atomic E-state index is 16.0. The Hall–Kier alpha value is -2.69. The number of nitrogens with two attached hydrogens (primary N) is 2. The number of nitrogen functional groups attached to an aromatic ring is 2. The molecule has 4 aromatic rings. The van der Waals surface area contributed by atoms with E-state index in [0.29, 0.717) is 0 Å². The van der Waals surface area contributed by atoms with Crippen molar-refractivity contribution >= 4 is 71.7 Å². The van der Waals surface area contributed by atoms with Crippen molar-refractivity contribution < 1.29 is 45.8 Å². The van der Waals surface area contributed by atoms with Gasteiger partial charge in [0.1, 0.15) is 36.3 Å². The number of anilines is 2. The first-order chi connectivity index (χ1) is 21.3. The molecule has 0 aliphatic carbocycles. The number of ether oxygens (including phenoxy) is 2. The van der Waals surface area contributed by atoms with Crippen LogP contribution in [0.2, 0.25) is 0 Å². The van der Waals surface area contributed by atoms with Gasteiger partial charge in [-0.1, -0.05) is 12.2 Å². The molecule has 3 aliphatic rings. The Bertz CT molecular complexity index is 1950. The number of nitrogens with zero attached hydrogens (tertiary/aromatic N) is 7. The van der Waals surface area contributed by atoms with Gasteiger partial charge in [-0.15, -0.1) is 0 Å². The monoisotopic (exact) mass is 710 g/mol. The number of aromatic nitrogens is 8. The van der Waals surface area contributed by atoms with Gasteiger partial charge in [-0.05, 0) is 11.8 Å². The molecule has 0 saturated carbocycles. The quantitative estimate of drug-likeness (QED) is 0.142. The zero-order valence-electron chi connectivity index (χ0n) is 22.3. The molecule has 25 heteroatoms. The molecule has 45 heavy (non-hydrogen) atoms. The second kappa shape index (κ2) is 11.2. The van der Waals surface area contributed by atoms with Crippen LogP contribution in [0.15, 0.2) is 23.8 Å². The molecule has 7 heterocycles. The molecule has 3 fully saturated rings. The van der Waals surface area contributed by atoms with Crippen molar-refractivity contribution in [3.63, 3.8) is 0 Å². The Morgan fingerprint density at radius 2 is 1.64 bits per heavy atom. The largest absolute Gasteiger partial charge is 0.386 e. The first-order valence-electron chi connectivity index (χ1n) is 12.9. The molecule has 3 saturated heterocycles. The third-order valence-corrected chi connectivity index (χ3v) is 10.4. The van der Waals surface area contributed by atoms with Gasteiger partial charge in [0.15, 0.2) is 47.4 Å². The van der Waals surface area contributed by atoms with Gasteiger partial charge in [0, 0.05) is 0 Å². The third kappa shape index (κ3) is 5.54. The number of hydrogen-bond acceptors (Lipinski definition) is 16. The van der Waals surface area contributed by atoms with Crippen molar-refractivity contribution in [3.05, 3.63) is 29.3 Å². The minimum atomic E-state index is -4.49. The van der Waals surface area contributed by atoms with Gasteiger partial charge in [0.25, 0.3) is 5.56 Å². The average Bonchev–Trinajstić information content (AvgIpc) is 3.72. The van der Waals surface area contributed by atoms with E-state index in [-0.39, 0.29) is 34.1 Å². The minimum Gasteiger partial charge on any atom is -0.382 e. The Balaban J connectivity index is 1.21. The lowest BCUT2D eigenvalue weighted by molar-refractivity contribution is -0.0578. The molecule has 19 nitrogen and oxygen atoms in total. The van der Waals surface area contributed by atoms with Crippen LogP contribution in [-0.4, -0.2) is 93.9 Å². The summed E-state index contributed by atoms with van der Waals surface area (Å²) in [6.07, 6.45) is -9.83. The molecular formula is C20H22F2N10O9P2S2. The van der Waals surface area contributed by atoms with Gasteiger partial charge < -0.3 is 30.4 Å². The van der Waals surface area contributed by atoms with Crippen LogP contribution in [0.5, 0.6) is 0 Å². The van der Waals surface area contributed by atoms with E-state index in [1.807, 2.05) is 0 Å². The Morgan fingerprint density at radius 3 is 2.42 bits per heavy atom. The highest BCUT2D eigenvalue weighted by molar-refractivity contribution is 8.44. The summed E-state index contributed by atoms with van der Waals surface area (Å²) in [5.41, 5.74) is 10.9. The number of H-pyrrole nitrogens is 1. The molecule has 3 aliphatic heterocycles. The predicted molar refractivity (Wildman–Crippen MR) is 155 cm³/mol. The van der Waals surface area contributed by atoms with Crippen LogP contribution in [0, 0.1) is 0 Å². The van der Waals surface area contributed by atoms with E-state index in [4.69, 9.17) is 50.8 Å². The van der Waals surface area contributed by atoms with E-state index in [1.165, 1.54) is 10.9 Å². The average molecular weight is 711 g/mol. The zero-order valence-corrected chi connectivity index (χ0v) is 25.8. The van der Waals surface area contributed by atoms with Crippen molar-refractivity contribution in [3.8, 4) is 0 Å². The smallest absolute Gasteiger partial charge is 0.382 e. The maximum Gasteiger partial charge on any atom is 0.386 e. The number of thiol groups is 1. The molecule has 2 bridgehead atoms. The molecule has 0 aromatic carbocycles. The Morgan fingerprint density at radius 1 is 0.956 bits per heavy atom. The van der Waals surface area contributed by atoms with Gasteiger partial charge in [0.05, 0.1) is 25.9 Å². The summed E-state index contributed by atoms with van der Waals surface area (Å²) >= 11 is 9.11. The highest BCUT2D eigenvalue weighted by Crippen LogP contribution is 2.59. The summed E-state index contributed by atoms with van der Waals surface area (Å²) in [5, 5.41) is 0. The van der Waals surface area contributed by atoms with Crippen molar-refractivity contribution in [1.82, 2.24) is 39.0 Å². The van der Waals surface area contributed by atoms with Gasteiger partial charge in [0.2, 0.25) is 5.95 Å². The SMILES string of the molecule is Nc1nc2c(ncn2[C@@H]2O[C@H]3COP(O)(=S)O[C@H]4[C@H](F)[C@H](n5cnc6c(N)ncnc65)O[C@@H]4COP(=O)(S)O[C@@H]2[C@@H]3F)c(=O)[nH]1. The number of fused-ring (bicyclic) bond motifs is 5. The molecule has 0 amide bonds. The van der Waals surface area contributed by atoms with E-state index < -0.39 is 81.5 Å². The molecule has 2 unspecified atom stereocenters. The van der Waals surface area contributed by atoms with Crippen molar-refractivity contribution in [2.45, 2.75) is 49.2 Å². The van der Waals surface area contributed by atoms with Crippen LogP contribution in [0.1, 0.15) is 12.5 Å². The van der Waals surface area contributed by atoms with E-state index in [0.717, 1.165) is 17.2 Å². The van der Waals surface area contributed by atoms with Crippen LogP contribution >= 0.6 is 25.8 Å². The molecule has 4 aromatic heterocycles. The highest BCUT2D eigenvalue weighted by atomic mass is 32.7. The Labute approximate surface area is 259 Å². The lowest BCUT2D eigenvalue weighted by Crippen LogP contribution is -2.34. The molecule has 242 valence electrons. The number of rotatable bonds is 2. The molecule has 6 N–H and O–H groups in total. The Kier molecular flexibility index (Phi) is 7.72. The summed E-state index contributed by atoms with van der Waals surface area (Å²) < 4.78 is 81.1. The van der Waals surface area contributed by atoms with Crippen molar-refractivity contribution in [1.29, 1.82) is 0 Å². The van der Waals surface area contributed by atoms with Gasteiger partial charge in [-0.2, -0.15) is 4.98 Å². The number of alkyl halides is 2. The number of imidazole rings is 2. The molecule has 7 rings (SSSR count). The van der Waals surface area contributed by atoms with Crippen molar-refractivity contribution in [2.24, 2.45) is 0 Å². The summed E-state index contributed by atoms with van der Waals surface area (Å²) in [6.45, 7) is -10.2. The number of nitrogens with one attached hydrogen (secondary N) is 1. The topological polar surface area (TPSA) is 252 Å². The lowest BCUT2D eigenvalue weighted by Gasteiger charge is -2.26. The summed E-state index contributed by atoms with van der Waals surface area (Å²) in [7, 11) is 0. The molecule has 10 atom stereocenters. The predicted octanol–water partition coefficient (Wildman–Crippen LogP) is 0.667. The fourth-order valence-electron chi connectivity index (χ4n) is 5.23. The van der Waals surface area contributed by atoms with Crippen LogP contribution in [0.25, 0.3) is 22.3 Å². The van der Waals surface area contributed by atoms with Gasteiger partial charge in [-0.3, -0.25) is 32.5 Å². The lowest BCUT2D eigenvalue weighted by atomic mass is 10.1. The molecule has 0 spiro atoms. The molecular weight excluding hydrogens is 688 g/mol. The highest BCUT2D eigenvalue weighted by Gasteiger charge is 2.54. The summed E-state index contributed by atoms with van der Waals surface area (Å²) in [6, 6.07) is 0. The molecule has 0 radical (unpaired) electrons. The van der Waals surface area contributed by atoms with Gasteiger partial charge >= 0.3 is 13.5 Å². The van der Waals surface area contributed by atoms with Crippen LogP contribution in [0.4, 0.5) is 20.5 Å². The van der Waals surface area contributed by atoms with E-state index in [1.54, 1.807) is 0 Å². The maximum atomic E-state index is 16.0. The summed E-state index contributed by atoms with van der Waals surface area (Å²) in [5.74, 6) is -0.224. The second-order valence-corrected chi connectivity index (χ2v) is 15.7. The first kappa shape index (κ1) is 30.9. The second-order valence-electron chi connectivity index (χ2n) is 10.0. The normalized spacial score (nSPS) is 37.7. The van der Waals surface area contributed by atoms with Gasteiger partial charge in [-0.25, -0.2) is 33.3 Å². The van der Waals surface area contributed by atoms with E-state index in [9.17, 15) is 14.3 Å². The number of hydrogen-bond donors (Lipinski definition) is 5. The minimum absolute atomic E-state index is 0.0396. The van der Waals surface area contributed by atoms with Crippen LogP contribution in [-0.2, 0) is 43.9 Å². The first-order valence-corrected chi connectivity index (χ1v) is 18.2. The van der Waals surface area contributed by atoms with E-state index >= 15 is 8.78 Å². The van der Waals surface area contributed by atoms with Crippen LogP contribution in [0.3, 0.4) is 0 Å². The fourth-order valence-corrected chi connectivity index (χ4v) is 8.12. The number of halogens is 2. The fraction of sp³-hybridized carbons (Fsp3) is 0.500. The van der Waals surface area contributed by atoms with Crippen molar-refractivity contribution in [2.75, 3.05) is 24.7 Å². The standard InChI is InChI=1S/C20H22F2N10O9P2S2/c21-8-6-1-36-42(34,44)40-12-7(39-18(9(12)22)31-4-27-10-14(23)25-3-26-15(10)31)2-37-43(35,45)41-13(8)19(38-6)32-5-28-11-16(32)29-20(24)30-17(11)33/h3-9,12-13,18-19H,1-2H2,(H,34,44)(H,35,45)(H2,23,25,26)(H3,24,29,30,33)/t6-,7+,8+,9-,12+,13+,18+,19+,42?,43?/m0/s1.